The molecule has 2 amide bonds. The minimum absolute atomic E-state index is 0.125. The molecule has 5 rings (SSSR count). The number of furan rings is 1. The van der Waals surface area contributed by atoms with Gasteiger partial charge in [-0.2, -0.15) is 0 Å². The fourth-order valence-corrected chi connectivity index (χ4v) is 4.15. The number of para-hydroxylation sites is 1. The van der Waals surface area contributed by atoms with Crippen LogP contribution in [-0.4, -0.2) is 23.3 Å². The van der Waals surface area contributed by atoms with Gasteiger partial charge in [0, 0.05) is 12.2 Å². The fraction of sp³-hybridized carbons (Fsp3) is 0.167. The van der Waals surface area contributed by atoms with Crippen molar-refractivity contribution in [2.45, 2.75) is 19.4 Å². The summed E-state index contributed by atoms with van der Waals surface area (Å²) in [4.78, 5) is 30.2. The Bertz CT molecular complexity index is 1100. The van der Waals surface area contributed by atoms with E-state index in [1.165, 1.54) is 10.5 Å². The molecule has 3 aromatic rings. The maximum Gasteiger partial charge on any atom is 0.278 e. The molecular weight excluding hydrogens is 364 g/mol. The summed E-state index contributed by atoms with van der Waals surface area (Å²) in [7, 11) is 0. The SMILES string of the molecule is O=C1C(c2ccccc2)=C(N2CCCc3ccccc32)C(=O)N1Cc1ccco1. The van der Waals surface area contributed by atoms with Gasteiger partial charge >= 0.3 is 0 Å². The summed E-state index contributed by atoms with van der Waals surface area (Å²) >= 11 is 0. The van der Waals surface area contributed by atoms with Crippen LogP contribution in [0.2, 0.25) is 0 Å². The highest BCUT2D eigenvalue weighted by molar-refractivity contribution is 6.36. The molecule has 0 bridgehead atoms. The molecule has 5 nitrogen and oxygen atoms in total. The van der Waals surface area contributed by atoms with Gasteiger partial charge in [0.15, 0.2) is 0 Å². The molecule has 1 aromatic heterocycles. The summed E-state index contributed by atoms with van der Waals surface area (Å²) in [5, 5.41) is 0. The van der Waals surface area contributed by atoms with Crippen molar-refractivity contribution in [3.05, 3.63) is 95.6 Å². The quantitative estimate of drug-likeness (QED) is 0.638. The number of imide groups is 1. The fourth-order valence-electron chi connectivity index (χ4n) is 4.15. The number of aryl methyl sites for hydroxylation is 1. The van der Waals surface area contributed by atoms with Crippen LogP contribution in [0, 0.1) is 0 Å². The summed E-state index contributed by atoms with van der Waals surface area (Å²) < 4.78 is 5.39. The van der Waals surface area contributed by atoms with E-state index in [9.17, 15) is 9.59 Å². The first-order valence-electron chi connectivity index (χ1n) is 9.78. The molecule has 0 saturated carbocycles. The number of rotatable bonds is 4. The Morgan fingerprint density at radius 1 is 0.862 bits per heavy atom. The highest BCUT2D eigenvalue weighted by Gasteiger charge is 2.42. The Hall–Kier alpha value is -3.60. The van der Waals surface area contributed by atoms with Crippen LogP contribution in [0.4, 0.5) is 5.69 Å². The minimum atomic E-state index is -0.282. The molecular formula is C24H20N2O3. The standard InChI is InChI=1S/C24H20N2O3/c27-23-21(18-9-2-1-3-10-18)22(24(28)26(23)16-19-12-7-15-29-19)25-14-6-11-17-8-4-5-13-20(17)25/h1-5,7-10,12-13,15H,6,11,14,16H2. The van der Waals surface area contributed by atoms with Crippen molar-refractivity contribution in [2.75, 3.05) is 11.4 Å². The number of amides is 2. The van der Waals surface area contributed by atoms with Gasteiger partial charge < -0.3 is 9.32 Å². The van der Waals surface area contributed by atoms with Gasteiger partial charge in [0.1, 0.15) is 11.5 Å². The molecule has 3 heterocycles. The molecule has 0 radical (unpaired) electrons. The van der Waals surface area contributed by atoms with Crippen molar-refractivity contribution in [1.29, 1.82) is 0 Å². The number of hydrogen-bond acceptors (Lipinski definition) is 4. The summed E-state index contributed by atoms with van der Waals surface area (Å²) in [6.07, 6.45) is 3.45. The molecule has 0 unspecified atom stereocenters. The summed E-state index contributed by atoms with van der Waals surface area (Å²) in [5.41, 5.74) is 3.87. The van der Waals surface area contributed by atoms with Crippen LogP contribution in [0.5, 0.6) is 0 Å². The molecule has 144 valence electrons. The normalized spacial score (nSPS) is 16.6. The maximum atomic E-state index is 13.5. The predicted octanol–water partition coefficient (Wildman–Crippen LogP) is 4.01. The van der Waals surface area contributed by atoms with Crippen LogP contribution in [0.25, 0.3) is 5.57 Å². The van der Waals surface area contributed by atoms with Gasteiger partial charge in [0.25, 0.3) is 11.8 Å². The van der Waals surface area contributed by atoms with E-state index >= 15 is 0 Å². The van der Waals surface area contributed by atoms with Crippen LogP contribution >= 0.6 is 0 Å². The number of carbonyl (C=O) groups is 2. The van der Waals surface area contributed by atoms with Crippen molar-refractivity contribution in [2.24, 2.45) is 0 Å². The molecule has 29 heavy (non-hydrogen) atoms. The monoisotopic (exact) mass is 384 g/mol. The van der Waals surface area contributed by atoms with E-state index in [-0.39, 0.29) is 18.4 Å². The van der Waals surface area contributed by atoms with Crippen LogP contribution in [0.1, 0.15) is 23.3 Å². The van der Waals surface area contributed by atoms with E-state index in [4.69, 9.17) is 4.42 Å². The molecule has 2 aliphatic rings. The topological polar surface area (TPSA) is 53.8 Å². The number of fused-ring (bicyclic) bond motifs is 1. The van der Waals surface area contributed by atoms with Crippen molar-refractivity contribution >= 4 is 23.1 Å². The summed E-state index contributed by atoms with van der Waals surface area (Å²) in [6.45, 7) is 0.830. The van der Waals surface area contributed by atoms with Crippen molar-refractivity contribution in [3.8, 4) is 0 Å². The second kappa shape index (κ2) is 7.09. The molecule has 0 atom stereocenters. The molecule has 0 fully saturated rings. The molecule has 5 heteroatoms. The molecule has 0 aliphatic carbocycles. The molecule has 0 N–H and O–H groups in total. The number of anilines is 1. The van der Waals surface area contributed by atoms with Crippen LogP contribution in [0.15, 0.2) is 83.1 Å². The van der Waals surface area contributed by atoms with Crippen molar-refractivity contribution in [3.63, 3.8) is 0 Å². The first-order chi connectivity index (χ1) is 14.2. The Morgan fingerprint density at radius 3 is 2.45 bits per heavy atom. The highest BCUT2D eigenvalue weighted by Crippen LogP contribution is 2.38. The highest BCUT2D eigenvalue weighted by atomic mass is 16.3. The smallest absolute Gasteiger partial charge is 0.278 e. The molecule has 0 saturated heterocycles. The third kappa shape index (κ3) is 2.95. The average molecular weight is 384 g/mol. The average Bonchev–Trinajstić information content (AvgIpc) is 3.36. The predicted molar refractivity (Wildman–Crippen MR) is 110 cm³/mol. The Morgan fingerprint density at radius 2 is 1.66 bits per heavy atom. The lowest BCUT2D eigenvalue weighted by Crippen LogP contribution is -2.36. The van der Waals surface area contributed by atoms with E-state index in [1.807, 2.05) is 53.4 Å². The Kier molecular flexibility index (Phi) is 4.28. The molecule has 0 spiro atoms. The zero-order chi connectivity index (χ0) is 19.8. The maximum absolute atomic E-state index is 13.5. The van der Waals surface area contributed by atoms with E-state index in [0.29, 0.717) is 23.6 Å². The zero-order valence-corrected chi connectivity index (χ0v) is 15.9. The van der Waals surface area contributed by atoms with Gasteiger partial charge in [0.05, 0.1) is 18.4 Å². The first kappa shape index (κ1) is 17.5. The van der Waals surface area contributed by atoms with Gasteiger partial charge in [-0.25, -0.2) is 0 Å². The van der Waals surface area contributed by atoms with Crippen LogP contribution in [-0.2, 0) is 22.6 Å². The Balaban J connectivity index is 1.64. The Labute approximate surface area is 168 Å². The van der Waals surface area contributed by atoms with Gasteiger partial charge in [-0.3, -0.25) is 14.5 Å². The van der Waals surface area contributed by atoms with Crippen molar-refractivity contribution < 1.29 is 14.0 Å². The number of hydrogen-bond donors (Lipinski definition) is 0. The lowest BCUT2D eigenvalue weighted by molar-refractivity contribution is -0.137. The van der Waals surface area contributed by atoms with Gasteiger partial charge in [-0.05, 0) is 42.2 Å². The van der Waals surface area contributed by atoms with E-state index in [1.54, 1.807) is 18.4 Å². The van der Waals surface area contributed by atoms with E-state index in [0.717, 1.165) is 24.1 Å². The van der Waals surface area contributed by atoms with E-state index in [2.05, 4.69) is 6.07 Å². The number of benzene rings is 2. The van der Waals surface area contributed by atoms with Gasteiger partial charge in [-0.15, -0.1) is 0 Å². The van der Waals surface area contributed by atoms with E-state index < -0.39 is 0 Å². The number of carbonyl (C=O) groups excluding carboxylic acids is 2. The van der Waals surface area contributed by atoms with Gasteiger partial charge in [-0.1, -0.05) is 48.5 Å². The van der Waals surface area contributed by atoms with Crippen LogP contribution in [0.3, 0.4) is 0 Å². The largest absolute Gasteiger partial charge is 0.467 e. The minimum Gasteiger partial charge on any atom is -0.467 e. The first-order valence-corrected chi connectivity index (χ1v) is 9.78. The zero-order valence-electron chi connectivity index (χ0n) is 15.9. The lowest BCUT2D eigenvalue weighted by Gasteiger charge is -2.32. The molecule has 2 aliphatic heterocycles. The summed E-state index contributed by atoms with van der Waals surface area (Å²) in [5.74, 6) is 0.0250. The van der Waals surface area contributed by atoms with Crippen LogP contribution < -0.4 is 4.90 Å². The van der Waals surface area contributed by atoms with Gasteiger partial charge in [0.2, 0.25) is 0 Å². The van der Waals surface area contributed by atoms with Crippen molar-refractivity contribution in [1.82, 2.24) is 4.90 Å². The molecule has 2 aromatic carbocycles. The second-order valence-electron chi connectivity index (χ2n) is 7.25. The second-order valence-corrected chi connectivity index (χ2v) is 7.25. The third-order valence-electron chi connectivity index (χ3n) is 5.48. The number of nitrogens with zero attached hydrogens (tertiary/aromatic N) is 2. The lowest BCUT2D eigenvalue weighted by atomic mass is 9.98. The third-order valence-corrected chi connectivity index (χ3v) is 5.48. The summed E-state index contributed by atoms with van der Waals surface area (Å²) in [6, 6.07) is 21.1.